The van der Waals surface area contributed by atoms with Crippen molar-refractivity contribution in [1.29, 1.82) is 0 Å². The van der Waals surface area contributed by atoms with Crippen LogP contribution < -0.4 is 5.32 Å². The quantitative estimate of drug-likeness (QED) is 0.907. The van der Waals surface area contributed by atoms with Gasteiger partial charge in [0.1, 0.15) is 12.0 Å². The molecule has 20 heavy (non-hydrogen) atoms. The Morgan fingerprint density at radius 3 is 2.90 bits per heavy atom. The molecule has 1 aliphatic heterocycles. The van der Waals surface area contributed by atoms with Gasteiger partial charge in [0.25, 0.3) is 0 Å². The van der Waals surface area contributed by atoms with Gasteiger partial charge in [0, 0.05) is 11.8 Å². The molecule has 3 nitrogen and oxygen atoms in total. The summed E-state index contributed by atoms with van der Waals surface area (Å²) in [6.45, 7) is 6.01. The van der Waals surface area contributed by atoms with E-state index in [1.807, 2.05) is 36.6 Å². The van der Waals surface area contributed by atoms with Crippen LogP contribution in [0.15, 0.2) is 24.3 Å². The molecule has 1 saturated heterocycles. The molecule has 0 radical (unpaired) electrons. The van der Waals surface area contributed by atoms with E-state index in [0.29, 0.717) is 0 Å². The summed E-state index contributed by atoms with van der Waals surface area (Å²) in [6.07, 6.45) is -0.236. The number of amides is 1. The summed E-state index contributed by atoms with van der Waals surface area (Å²) < 4.78 is 13.4. The van der Waals surface area contributed by atoms with Crippen LogP contribution in [0.5, 0.6) is 0 Å². The molecule has 1 N–H and O–H groups in total. The van der Waals surface area contributed by atoms with Gasteiger partial charge < -0.3 is 4.90 Å². The number of rotatable bonds is 5. The lowest BCUT2D eigenvalue weighted by molar-refractivity contribution is -0.131. The Morgan fingerprint density at radius 1 is 1.50 bits per heavy atom. The Bertz CT molecular complexity index is 483. The van der Waals surface area contributed by atoms with Gasteiger partial charge in [0.2, 0.25) is 5.91 Å². The van der Waals surface area contributed by atoms with Crippen molar-refractivity contribution < 1.29 is 9.18 Å². The molecule has 2 rings (SSSR count). The maximum Gasteiger partial charge on any atom is 0.241 e. The van der Waals surface area contributed by atoms with E-state index < -0.39 is 0 Å². The lowest BCUT2D eigenvalue weighted by Gasteiger charge is -2.30. The summed E-state index contributed by atoms with van der Waals surface area (Å²) in [5.74, 6) is 1.73. The Kier molecular flexibility index (Phi) is 5.05. The molecule has 1 heterocycles. The van der Waals surface area contributed by atoms with E-state index in [2.05, 4.69) is 12.2 Å². The maximum absolute atomic E-state index is 13.4. The van der Waals surface area contributed by atoms with Gasteiger partial charge in [-0.3, -0.25) is 10.1 Å². The van der Waals surface area contributed by atoms with E-state index in [1.165, 1.54) is 12.1 Å². The second-order valence-electron chi connectivity index (χ2n) is 5.10. The van der Waals surface area contributed by atoms with E-state index >= 15 is 0 Å². The zero-order valence-electron chi connectivity index (χ0n) is 12.1. The van der Waals surface area contributed by atoms with Gasteiger partial charge in [-0.1, -0.05) is 19.1 Å². The van der Waals surface area contributed by atoms with Crippen molar-refractivity contribution in [3.63, 3.8) is 0 Å². The SMILES string of the molecule is CCSCC(C)N1C(=O)C(C)NC1c1cccc(F)c1. The first-order valence-corrected chi connectivity index (χ1v) is 8.11. The maximum atomic E-state index is 13.4. The third-order valence-corrected chi connectivity index (χ3v) is 4.64. The van der Waals surface area contributed by atoms with Gasteiger partial charge in [-0.15, -0.1) is 0 Å². The van der Waals surface area contributed by atoms with Gasteiger partial charge in [0.05, 0.1) is 6.04 Å². The lowest BCUT2D eigenvalue weighted by Crippen LogP contribution is -2.39. The number of hydrogen-bond acceptors (Lipinski definition) is 3. The molecule has 1 amide bonds. The molecule has 110 valence electrons. The highest BCUT2D eigenvalue weighted by Crippen LogP contribution is 2.28. The molecule has 1 aliphatic rings. The van der Waals surface area contributed by atoms with Gasteiger partial charge >= 0.3 is 0 Å². The van der Waals surface area contributed by atoms with Crippen LogP contribution in [-0.4, -0.2) is 34.4 Å². The van der Waals surface area contributed by atoms with Crippen molar-refractivity contribution in [2.24, 2.45) is 0 Å². The van der Waals surface area contributed by atoms with Crippen LogP contribution >= 0.6 is 11.8 Å². The molecule has 1 aromatic rings. The second kappa shape index (κ2) is 6.59. The monoisotopic (exact) mass is 296 g/mol. The summed E-state index contributed by atoms with van der Waals surface area (Å²) >= 11 is 1.81. The molecule has 0 bridgehead atoms. The average molecular weight is 296 g/mol. The van der Waals surface area contributed by atoms with Crippen LogP contribution in [0.3, 0.4) is 0 Å². The molecule has 0 saturated carbocycles. The number of nitrogens with zero attached hydrogens (tertiary/aromatic N) is 1. The Balaban J connectivity index is 2.23. The van der Waals surface area contributed by atoms with Gasteiger partial charge in [0.15, 0.2) is 0 Å². The minimum atomic E-state index is -0.271. The van der Waals surface area contributed by atoms with Crippen molar-refractivity contribution in [3.8, 4) is 0 Å². The van der Waals surface area contributed by atoms with Crippen LogP contribution in [-0.2, 0) is 4.79 Å². The summed E-state index contributed by atoms with van der Waals surface area (Å²) in [7, 11) is 0. The van der Waals surface area contributed by atoms with Crippen molar-refractivity contribution >= 4 is 17.7 Å². The van der Waals surface area contributed by atoms with Crippen molar-refractivity contribution in [1.82, 2.24) is 10.2 Å². The number of carbonyl (C=O) groups excluding carboxylic acids is 1. The van der Waals surface area contributed by atoms with Crippen LogP contribution in [0.2, 0.25) is 0 Å². The third kappa shape index (κ3) is 3.15. The standard InChI is InChI=1S/C15H21FN2OS/c1-4-20-9-10(2)18-14(17-11(3)15(18)19)12-6-5-7-13(16)8-12/h5-8,10-11,14,17H,4,9H2,1-3H3. The average Bonchev–Trinajstić information content (AvgIpc) is 2.72. The predicted molar refractivity (Wildman–Crippen MR) is 81.0 cm³/mol. The van der Waals surface area contributed by atoms with Crippen LogP contribution in [0, 0.1) is 5.82 Å². The van der Waals surface area contributed by atoms with Crippen LogP contribution in [0.4, 0.5) is 4.39 Å². The summed E-state index contributed by atoms with van der Waals surface area (Å²) in [6, 6.07) is 6.36. The molecular formula is C15H21FN2OS. The molecular weight excluding hydrogens is 275 g/mol. The zero-order valence-corrected chi connectivity index (χ0v) is 12.9. The Morgan fingerprint density at radius 2 is 2.25 bits per heavy atom. The van der Waals surface area contributed by atoms with Crippen LogP contribution in [0.25, 0.3) is 0 Å². The highest BCUT2D eigenvalue weighted by Gasteiger charge is 2.39. The van der Waals surface area contributed by atoms with Gasteiger partial charge in [-0.25, -0.2) is 4.39 Å². The Labute approximate surface area is 123 Å². The smallest absolute Gasteiger partial charge is 0.241 e. The summed E-state index contributed by atoms with van der Waals surface area (Å²) in [5.41, 5.74) is 0.802. The fourth-order valence-corrected chi connectivity index (χ4v) is 3.25. The van der Waals surface area contributed by atoms with Crippen molar-refractivity contribution in [2.45, 2.75) is 39.0 Å². The minimum Gasteiger partial charge on any atom is -0.318 e. The molecule has 1 aromatic carbocycles. The largest absolute Gasteiger partial charge is 0.318 e. The highest BCUT2D eigenvalue weighted by atomic mass is 32.2. The first-order chi connectivity index (χ1) is 9.54. The van der Waals surface area contributed by atoms with Crippen LogP contribution in [0.1, 0.15) is 32.5 Å². The van der Waals surface area contributed by atoms with E-state index in [4.69, 9.17) is 0 Å². The van der Waals surface area contributed by atoms with E-state index in [-0.39, 0.29) is 30.0 Å². The first kappa shape index (κ1) is 15.3. The molecule has 3 atom stereocenters. The molecule has 3 unspecified atom stereocenters. The number of carbonyl (C=O) groups is 1. The Hall–Kier alpha value is -1.07. The molecule has 0 spiro atoms. The highest BCUT2D eigenvalue weighted by molar-refractivity contribution is 7.99. The summed E-state index contributed by atoms with van der Waals surface area (Å²) in [5, 5.41) is 3.25. The number of halogens is 1. The molecule has 1 fully saturated rings. The molecule has 5 heteroatoms. The summed E-state index contributed by atoms with van der Waals surface area (Å²) in [4.78, 5) is 14.2. The fourth-order valence-electron chi connectivity index (χ4n) is 2.51. The fraction of sp³-hybridized carbons (Fsp3) is 0.533. The molecule has 0 aromatic heterocycles. The zero-order chi connectivity index (χ0) is 14.7. The first-order valence-electron chi connectivity index (χ1n) is 6.96. The lowest BCUT2D eigenvalue weighted by atomic mass is 10.1. The third-order valence-electron chi connectivity index (χ3n) is 3.51. The van der Waals surface area contributed by atoms with E-state index in [1.54, 1.807) is 6.07 Å². The minimum absolute atomic E-state index is 0.0865. The number of benzene rings is 1. The predicted octanol–water partition coefficient (Wildman–Crippen LogP) is 2.79. The van der Waals surface area contributed by atoms with Gasteiger partial charge in [-0.05, 0) is 37.3 Å². The van der Waals surface area contributed by atoms with Crippen molar-refractivity contribution in [3.05, 3.63) is 35.6 Å². The van der Waals surface area contributed by atoms with E-state index in [0.717, 1.165) is 17.1 Å². The number of nitrogens with one attached hydrogen (secondary N) is 1. The van der Waals surface area contributed by atoms with Crippen molar-refractivity contribution in [2.75, 3.05) is 11.5 Å². The number of thioether (sulfide) groups is 1. The van der Waals surface area contributed by atoms with E-state index in [9.17, 15) is 9.18 Å². The topological polar surface area (TPSA) is 32.3 Å². The molecule has 0 aliphatic carbocycles. The number of hydrogen-bond donors (Lipinski definition) is 1. The second-order valence-corrected chi connectivity index (χ2v) is 6.42. The van der Waals surface area contributed by atoms with Gasteiger partial charge in [-0.2, -0.15) is 11.8 Å². The normalized spacial score (nSPS) is 24.2.